The topological polar surface area (TPSA) is 45.7 Å². The van der Waals surface area contributed by atoms with Crippen LogP contribution in [0.2, 0.25) is 0 Å². The number of aryl methyl sites for hydroxylation is 1. The lowest BCUT2D eigenvalue weighted by molar-refractivity contribution is 0.0375. The summed E-state index contributed by atoms with van der Waals surface area (Å²) in [4.78, 5) is 22.5. The number of hydrogen-bond donors (Lipinski definition) is 0. The number of carbonyl (C=O) groups excluding carboxylic acids is 1. The molecule has 0 aliphatic carbocycles. The molecule has 3 aromatic rings. The third-order valence-corrected chi connectivity index (χ3v) is 8.39. The molecule has 0 N–H and O–H groups in total. The van der Waals surface area contributed by atoms with E-state index in [0.717, 1.165) is 80.8 Å². The van der Waals surface area contributed by atoms with Crippen LogP contribution in [0.15, 0.2) is 60.8 Å². The van der Waals surface area contributed by atoms with Crippen LogP contribution in [0.5, 0.6) is 5.75 Å². The highest BCUT2D eigenvalue weighted by Crippen LogP contribution is 2.39. The van der Waals surface area contributed by atoms with Gasteiger partial charge in [0, 0.05) is 43.3 Å². The number of amides is 1. The minimum atomic E-state index is 0.154. The number of rotatable bonds is 4. The fraction of sp³-hybridized carbons (Fsp3) is 0.500. The molecule has 1 aromatic heterocycles. The van der Waals surface area contributed by atoms with Gasteiger partial charge in [0.2, 0.25) is 0 Å². The van der Waals surface area contributed by atoms with Gasteiger partial charge in [-0.3, -0.25) is 14.7 Å². The Morgan fingerprint density at radius 3 is 2.73 bits per heavy atom. The zero-order chi connectivity index (χ0) is 25.5. The molecule has 5 nitrogen and oxygen atoms in total. The molecule has 0 saturated carbocycles. The van der Waals surface area contributed by atoms with Crippen LogP contribution in [-0.2, 0) is 6.42 Å². The predicted octanol–water partition coefficient (Wildman–Crippen LogP) is 6.36. The summed E-state index contributed by atoms with van der Waals surface area (Å²) >= 11 is 0. The molecule has 37 heavy (non-hydrogen) atoms. The van der Waals surface area contributed by atoms with E-state index in [1.54, 1.807) is 6.20 Å². The average Bonchev–Trinajstić information content (AvgIpc) is 2.94. The molecule has 0 radical (unpaired) electrons. The number of nitrogens with zero attached hydrogens (tertiary/aromatic N) is 3. The first-order valence-corrected chi connectivity index (χ1v) is 14.2. The summed E-state index contributed by atoms with van der Waals surface area (Å²) in [5, 5.41) is 1.02. The number of pyridine rings is 1. The Labute approximate surface area is 221 Å². The highest BCUT2D eigenvalue weighted by molar-refractivity contribution is 5.98. The van der Waals surface area contributed by atoms with Crippen molar-refractivity contribution in [2.45, 2.75) is 58.3 Å². The van der Waals surface area contributed by atoms with Crippen molar-refractivity contribution < 1.29 is 9.53 Å². The number of likely N-dealkylation sites (tertiary alicyclic amines) is 1. The van der Waals surface area contributed by atoms with Crippen LogP contribution in [0.3, 0.4) is 0 Å². The number of carbonyl (C=O) groups is 1. The number of unbranched alkanes of at least 4 members (excludes halogenated alkanes) is 1. The molecule has 0 atom stereocenters. The monoisotopic (exact) mass is 499 g/mol. The number of piperidine rings is 1. The molecule has 3 heterocycles. The second-order valence-electron chi connectivity index (χ2n) is 11.0. The third-order valence-electron chi connectivity index (χ3n) is 8.39. The molecule has 2 aliphatic rings. The lowest BCUT2D eigenvalue weighted by Crippen LogP contribution is -2.48. The van der Waals surface area contributed by atoms with Gasteiger partial charge in [0.1, 0.15) is 12.4 Å². The highest BCUT2D eigenvalue weighted by atomic mass is 16.5. The first-order chi connectivity index (χ1) is 18.2. The second kappa shape index (κ2) is 12.1. The van der Waals surface area contributed by atoms with E-state index in [1.807, 2.05) is 30.3 Å². The Balaban J connectivity index is 1.28. The van der Waals surface area contributed by atoms with Gasteiger partial charge in [-0.15, -0.1) is 0 Å². The average molecular weight is 500 g/mol. The Bertz CT molecular complexity index is 1190. The maximum atomic E-state index is 13.4. The summed E-state index contributed by atoms with van der Waals surface area (Å²) < 4.78 is 6.28. The van der Waals surface area contributed by atoms with Crippen molar-refractivity contribution in [1.29, 1.82) is 0 Å². The van der Waals surface area contributed by atoms with Crippen molar-refractivity contribution >= 4 is 16.8 Å². The van der Waals surface area contributed by atoms with Crippen molar-refractivity contribution in [2.75, 3.05) is 39.3 Å². The van der Waals surface area contributed by atoms with E-state index >= 15 is 0 Å². The fourth-order valence-corrected chi connectivity index (χ4v) is 6.14. The van der Waals surface area contributed by atoms with Gasteiger partial charge in [-0.25, -0.2) is 0 Å². The van der Waals surface area contributed by atoms with Gasteiger partial charge in [0.05, 0.1) is 5.52 Å². The van der Waals surface area contributed by atoms with Gasteiger partial charge < -0.3 is 9.64 Å². The first kappa shape index (κ1) is 25.7. The maximum Gasteiger partial charge on any atom is 0.253 e. The molecule has 5 heteroatoms. The van der Waals surface area contributed by atoms with E-state index in [9.17, 15) is 4.79 Å². The number of benzene rings is 2. The van der Waals surface area contributed by atoms with Crippen LogP contribution in [-0.4, -0.2) is 60.0 Å². The maximum absolute atomic E-state index is 13.4. The molecule has 0 bridgehead atoms. The van der Waals surface area contributed by atoms with E-state index in [-0.39, 0.29) is 11.3 Å². The quantitative estimate of drug-likeness (QED) is 0.419. The lowest BCUT2D eigenvalue weighted by atomic mass is 9.73. The largest absolute Gasteiger partial charge is 0.492 e. The zero-order valence-corrected chi connectivity index (χ0v) is 22.3. The lowest BCUT2D eigenvalue weighted by Gasteiger charge is -2.45. The van der Waals surface area contributed by atoms with Gasteiger partial charge in [-0.2, -0.15) is 0 Å². The fourth-order valence-electron chi connectivity index (χ4n) is 6.14. The molecular formula is C32H41N3O2. The van der Waals surface area contributed by atoms with Crippen LogP contribution in [0.4, 0.5) is 0 Å². The minimum Gasteiger partial charge on any atom is -0.492 e. The minimum absolute atomic E-state index is 0.154. The molecular weight excluding hydrogens is 458 g/mol. The molecule has 2 aliphatic heterocycles. The highest BCUT2D eigenvalue weighted by Gasteiger charge is 2.37. The van der Waals surface area contributed by atoms with Crippen LogP contribution in [0, 0.1) is 5.41 Å². The number of ether oxygens (including phenoxy) is 1. The van der Waals surface area contributed by atoms with Crippen molar-refractivity contribution in [3.63, 3.8) is 0 Å². The van der Waals surface area contributed by atoms with Gasteiger partial charge >= 0.3 is 0 Å². The van der Waals surface area contributed by atoms with Crippen molar-refractivity contribution in [1.82, 2.24) is 14.8 Å². The molecule has 196 valence electrons. The molecule has 2 aromatic carbocycles. The number of aromatic nitrogens is 1. The summed E-state index contributed by atoms with van der Waals surface area (Å²) in [6.45, 7) is 7.88. The first-order valence-electron chi connectivity index (χ1n) is 14.2. The predicted molar refractivity (Wildman–Crippen MR) is 150 cm³/mol. The van der Waals surface area contributed by atoms with Gasteiger partial charge in [0.25, 0.3) is 5.91 Å². The standard InChI is InChI=1S/C32H41N3O2/c1-2-3-19-34-22-23-37-30-12-5-4-9-26(30)10-6-7-15-32(25-34)16-20-35(21-17-32)31(36)28-13-14-29-27(24-28)11-8-18-33-29/h4-5,8-9,11-14,18,24H,2-3,6-7,10,15-17,19-23,25H2,1H3. The second-order valence-corrected chi connectivity index (χ2v) is 11.0. The third kappa shape index (κ3) is 6.32. The molecule has 1 amide bonds. The summed E-state index contributed by atoms with van der Waals surface area (Å²) in [7, 11) is 0. The summed E-state index contributed by atoms with van der Waals surface area (Å²) in [5.74, 6) is 1.21. The van der Waals surface area contributed by atoms with E-state index in [2.05, 4.69) is 46.0 Å². The number of fused-ring (bicyclic) bond motifs is 2. The van der Waals surface area contributed by atoms with Crippen molar-refractivity contribution in [3.05, 3.63) is 71.9 Å². The van der Waals surface area contributed by atoms with Crippen LogP contribution < -0.4 is 4.74 Å². The molecule has 1 spiro atoms. The van der Waals surface area contributed by atoms with Crippen LogP contribution in [0.1, 0.15) is 67.8 Å². The normalized spacial score (nSPS) is 19.0. The molecule has 5 rings (SSSR count). The van der Waals surface area contributed by atoms with E-state index in [1.165, 1.54) is 37.7 Å². The Morgan fingerprint density at radius 1 is 1.00 bits per heavy atom. The van der Waals surface area contributed by atoms with Crippen LogP contribution >= 0.6 is 0 Å². The summed E-state index contributed by atoms with van der Waals surface area (Å²) in [6.07, 6.45) is 11.1. The summed E-state index contributed by atoms with van der Waals surface area (Å²) in [5.41, 5.74) is 3.32. The number of hydrogen-bond acceptors (Lipinski definition) is 4. The Kier molecular flexibility index (Phi) is 8.40. The van der Waals surface area contributed by atoms with E-state index in [0.29, 0.717) is 0 Å². The summed E-state index contributed by atoms with van der Waals surface area (Å²) in [6, 6.07) is 18.4. The zero-order valence-electron chi connectivity index (χ0n) is 22.3. The van der Waals surface area contributed by atoms with Gasteiger partial charge in [0.15, 0.2) is 0 Å². The van der Waals surface area contributed by atoms with Crippen molar-refractivity contribution in [3.8, 4) is 5.75 Å². The molecule has 0 unspecified atom stereocenters. The smallest absolute Gasteiger partial charge is 0.253 e. The van der Waals surface area contributed by atoms with Gasteiger partial charge in [-0.1, -0.05) is 44.0 Å². The molecule has 1 fully saturated rings. The SMILES string of the molecule is CCCCN1CCOc2ccccc2CCCCC2(CCN(C(=O)c3ccc4ncccc4c3)CC2)C1. The van der Waals surface area contributed by atoms with E-state index in [4.69, 9.17) is 4.74 Å². The van der Waals surface area contributed by atoms with Crippen molar-refractivity contribution in [2.24, 2.45) is 5.41 Å². The van der Waals surface area contributed by atoms with Crippen LogP contribution in [0.25, 0.3) is 10.9 Å². The number of para-hydroxylation sites is 1. The Hall–Kier alpha value is -2.92. The molecule has 1 saturated heterocycles. The Morgan fingerprint density at radius 2 is 1.86 bits per heavy atom. The van der Waals surface area contributed by atoms with Gasteiger partial charge in [-0.05, 0) is 86.4 Å². The van der Waals surface area contributed by atoms with E-state index < -0.39 is 0 Å².